The van der Waals surface area contributed by atoms with Crippen LogP contribution in [0, 0.1) is 0 Å². The molecule has 1 aromatic heterocycles. The molecular formula is C20H18ClN3O5. The number of benzene rings is 2. The number of ether oxygens (including phenoxy) is 3. The number of imidazole rings is 1. The molecule has 0 fully saturated rings. The highest BCUT2D eigenvalue weighted by Gasteiger charge is 2.15. The summed E-state index contributed by atoms with van der Waals surface area (Å²) < 4.78 is 15.4. The Morgan fingerprint density at radius 3 is 2.45 bits per heavy atom. The summed E-state index contributed by atoms with van der Waals surface area (Å²) >= 11 is 6.08. The Hall–Kier alpha value is -3.52. The minimum Gasteiger partial charge on any atom is -0.495 e. The zero-order valence-electron chi connectivity index (χ0n) is 15.7. The second kappa shape index (κ2) is 9.11. The molecule has 0 aliphatic rings. The van der Waals surface area contributed by atoms with Crippen LogP contribution >= 0.6 is 11.6 Å². The topological polar surface area (TPSA) is 103 Å². The molecule has 1 amide bonds. The van der Waals surface area contributed by atoms with Crippen LogP contribution in [0.1, 0.15) is 10.4 Å². The fourth-order valence-electron chi connectivity index (χ4n) is 2.55. The number of nitrogens with one attached hydrogen (secondary N) is 2. The van der Waals surface area contributed by atoms with Crippen molar-refractivity contribution in [3.8, 4) is 22.9 Å². The molecule has 0 saturated heterocycles. The van der Waals surface area contributed by atoms with E-state index >= 15 is 0 Å². The van der Waals surface area contributed by atoms with Crippen LogP contribution in [0.3, 0.4) is 0 Å². The van der Waals surface area contributed by atoms with Crippen molar-refractivity contribution in [2.75, 3.05) is 26.1 Å². The van der Waals surface area contributed by atoms with E-state index < -0.39 is 18.5 Å². The van der Waals surface area contributed by atoms with E-state index in [-0.39, 0.29) is 0 Å². The molecule has 3 rings (SSSR count). The van der Waals surface area contributed by atoms with Gasteiger partial charge in [-0.25, -0.2) is 9.78 Å². The van der Waals surface area contributed by atoms with Crippen molar-refractivity contribution in [3.05, 3.63) is 59.4 Å². The van der Waals surface area contributed by atoms with Crippen LogP contribution in [-0.2, 0) is 9.53 Å². The Morgan fingerprint density at radius 2 is 1.83 bits per heavy atom. The van der Waals surface area contributed by atoms with Gasteiger partial charge in [-0.2, -0.15) is 0 Å². The Bertz CT molecular complexity index is 1000. The number of halogens is 1. The van der Waals surface area contributed by atoms with Gasteiger partial charge in [0.15, 0.2) is 6.61 Å². The molecule has 8 nitrogen and oxygen atoms in total. The van der Waals surface area contributed by atoms with Gasteiger partial charge in [0.05, 0.1) is 30.5 Å². The van der Waals surface area contributed by atoms with Crippen molar-refractivity contribution < 1.29 is 23.8 Å². The smallest absolute Gasteiger partial charge is 0.338 e. The number of rotatable bonds is 7. The van der Waals surface area contributed by atoms with E-state index in [1.165, 1.54) is 20.3 Å². The number of carbonyl (C=O) groups is 2. The number of methoxy groups -OCH3 is 2. The Kier molecular flexibility index (Phi) is 6.36. The van der Waals surface area contributed by atoms with Gasteiger partial charge in [-0.15, -0.1) is 0 Å². The fraction of sp³-hybridized carbons (Fsp3) is 0.150. The lowest BCUT2D eigenvalue weighted by Crippen LogP contribution is -2.21. The van der Waals surface area contributed by atoms with Gasteiger partial charge in [0, 0.05) is 24.0 Å². The molecule has 0 unspecified atom stereocenters. The maximum absolute atomic E-state index is 12.2. The van der Waals surface area contributed by atoms with Gasteiger partial charge >= 0.3 is 5.97 Å². The molecule has 29 heavy (non-hydrogen) atoms. The van der Waals surface area contributed by atoms with Crippen molar-refractivity contribution in [2.45, 2.75) is 0 Å². The minimum absolute atomic E-state index is 0.303. The normalized spacial score (nSPS) is 10.3. The highest BCUT2D eigenvalue weighted by atomic mass is 35.5. The van der Waals surface area contributed by atoms with Crippen molar-refractivity contribution in [3.63, 3.8) is 0 Å². The molecule has 0 bridgehead atoms. The number of hydrogen-bond donors (Lipinski definition) is 2. The van der Waals surface area contributed by atoms with Gasteiger partial charge in [0.1, 0.15) is 17.3 Å². The molecule has 0 aliphatic carbocycles. The standard InChI is InChI=1S/C20H18ClN3O5/c1-27-16-10-17(28-2)15(9-14(16)21)24-18(25)11-29-20(26)13-5-3-12(4-6-13)19-22-7-8-23-19/h3-10H,11H2,1-2H3,(H,22,23)(H,24,25). The Balaban J connectivity index is 1.59. The zero-order valence-corrected chi connectivity index (χ0v) is 16.4. The highest BCUT2D eigenvalue weighted by molar-refractivity contribution is 6.32. The van der Waals surface area contributed by atoms with Gasteiger partial charge < -0.3 is 24.5 Å². The van der Waals surface area contributed by atoms with Crippen molar-refractivity contribution in [1.29, 1.82) is 0 Å². The Morgan fingerprint density at radius 1 is 1.10 bits per heavy atom. The lowest BCUT2D eigenvalue weighted by molar-refractivity contribution is -0.119. The largest absolute Gasteiger partial charge is 0.495 e. The average molecular weight is 416 g/mol. The number of hydrogen-bond acceptors (Lipinski definition) is 6. The van der Waals surface area contributed by atoms with Crippen LogP contribution in [0.15, 0.2) is 48.8 Å². The third-order valence-corrected chi connectivity index (χ3v) is 4.27. The van der Waals surface area contributed by atoms with Crippen molar-refractivity contribution in [1.82, 2.24) is 9.97 Å². The van der Waals surface area contributed by atoms with Crippen LogP contribution < -0.4 is 14.8 Å². The lowest BCUT2D eigenvalue weighted by Gasteiger charge is -2.13. The SMILES string of the molecule is COc1cc(OC)c(NC(=O)COC(=O)c2ccc(-c3ncc[nH]3)cc2)cc1Cl. The van der Waals surface area contributed by atoms with E-state index in [1.807, 2.05) is 0 Å². The van der Waals surface area contributed by atoms with Crippen LogP contribution in [0.5, 0.6) is 11.5 Å². The number of H-pyrrole nitrogens is 1. The molecule has 0 aliphatic heterocycles. The monoisotopic (exact) mass is 415 g/mol. The molecule has 0 atom stereocenters. The van der Waals surface area contributed by atoms with E-state index in [0.717, 1.165) is 5.56 Å². The number of anilines is 1. The predicted octanol–water partition coefficient (Wildman–Crippen LogP) is 3.54. The molecule has 9 heteroatoms. The summed E-state index contributed by atoms with van der Waals surface area (Å²) in [6.45, 7) is -0.467. The summed E-state index contributed by atoms with van der Waals surface area (Å²) in [7, 11) is 2.92. The third-order valence-electron chi connectivity index (χ3n) is 3.97. The van der Waals surface area contributed by atoms with Crippen LogP contribution in [0.2, 0.25) is 5.02 Å². The molecule has 1 heterocycles. The molecule has 0 saturated carbocycles. The van der Waals surface area contributed by atoms with E-state index in [4.69, 9.17) is 25.8 Å². The first kappa shape index (κ1) is 20.2. The second-order valence-electron chi connectivity index (χ2n) is 5.83. The Labute approximate surface area is 171 Å². The lowest BCUT2D eigenvalue weighted by atomic mass is 10.1. The first-order valence-electron chi connectivity index (χ1n) is 8.50. The first-order chi connectivity index (χ1) is 14.0. The number of aromatic nitrogens is 2. The quantitative estimate of drug-likeness (QED) is 0.572. The van der Waals surface area contributed by atoms with Crippen LogP contribution in [0.4, 0.5) is 5.69 Å². The maximum Gasteiger partial charge on any atom is 0.338 e. The molecule has 0 radical (unpaired) electrons. The third kappa shape index (κ3) is 4.85. The zero-order chi connectivity index (χ0) is 20.8. The van der Waals surface area contributed by atoms with E-state index in [9.17, 15) is 9.59 Å². The summed E-state index contributed by atoms with van der Waals surface area (Å²) in [6, 6.07) is 9.71. The summed E-state index contributed by atoms with van der Waals surface area (Å²) in [5.74, 6) is 0.303. The number of amides is 1. The minimum atomic E-state index is -0.620. The van der Waals surface area contributed by atoms with E-state index in [0.29, 0.717) is 33.6 Å². The van der Waals surface area contributed by atoms with E-state index in [1.54, 1.807) is 42.7 Å². The molecule has 0 spiro atoms. The maximum atomic E-state index is 12.2. The van der Waals surface area contributed by atoms with Gasteiger partial charge in [0.25, 0.3) is 5.91 Å². The van der Waals surface area contributed by atoms with Gasteiger partial charge in [0.2, 0.25) is 0 Å². The van der Waals surface area contributed by atoms with Crippen molar-refractivity contribution in [2.24, 2.45) is 0 Å². The number of esters is 1. The number of nitrogens with zero attached hydrogens (tertiary/aromatic N) is 1. The predicted molar refractivity (Wildman–Crippen MR) is 107 cm³/mol. The molecular weight excluding hydrogens is 398 g/mol. The summed E-state index contributed by atoms with van der Waals surface area (Å²) in [4.78, 5) is 31.5. The summed E-state index contributed by atoms with van der Waals surface area (Å²) in [6.07, 6.45) is 3.35. The average Bonchev–Trinajstić information content (AvgIpc) is 3.27. The van der Waals surface area contributed by atoms with Crippen molar-refractivity contribution >= 4 is 29.2 Å². The van der Waals surface area contributed by atoms with Gasteiger partial charge in [-0.1, -0.05) is 23.7 Å². The first-order valence-corrected chi connectivity index (χ1v) is 8.88. The van der Waals surface area contributed by atoms with Gasteiger partial charge in [-0.3, -0.25) is 4.79 Å². The van der Waals surface area contributed by atoms with Crippen LogP contribution in [0.25, 0.3) is 11.4 Å². The summed E-state index contributed by atoms with van der Waals surface area (Å²) in [5.41, 5.74) is 1.48. The number of aromatic amines is 1. The molecule has 150 valence electrons. The van der Waals surface area contributed by atoms with Crippen LogP contribution in [-0.4, -0.2) is 42.7 Å². The van der Waals surface area contributed by atoms with E-state index in [2.05, 4.69) is 15.3 Å². The fourth-order valence-corrected chi connectivity index (χ4v) is 2.79. The second-order valence-corrected chi connectivity index (χ2v) is 6.23. The molecule has 2 aromatic carbocycles. The number of carbonyl (C=O) groups excluding carboxylic acids is 2. The molecule has 3 aromatic rings. The highest BCUT2D eigenvalue weighted by Crippen LogP contribution is 2.35. The molecule has 2 N–H and O–H groups in total. The van der Waals surface area contributed by atoms with Gasteiger partial charge in [-0.05, 0) is 18.2 Å². The summed E-state index contributed by atoms with van der Waals surface area (Å²) in [5, 5.41) is 2.90.